The van der Waals surface area contributed by atoms with Crippen molar-refractivity contribution in [1.29, 1.82) is 0 Å². The van der Waals surface area contributed by atoms with Crippen LogP contribution in [0.5, 0.6) is 0 Å². The molecule has 112 valence electrons. The van der Waals surface area contributed by atoms with E-state index >= 15 is 0 Å². The quantitative estimate of drug-likeness (QED) is 0.831. The molecule has 0 aliphatic heterocycles. The summed E-state index contributed by atoms with van der Waals surface area (Å²) >= 11 is 0. The van der Waals surface area contributed by atoms with Crippen LogP contribution in [0.25, 0.3) is 0 Å². The Hall–Kier alpha value is -1.99. The summed E-state index contributed by atoms with van der Waals surface area (Å²) in [6.07, 6.45) is 0. The Bertz CT molecular complexity index is 748. The van der Waals surface area contributed by atoms with Gasteiger partial charge in [-0.25, -0.2) is 21.9 Å². The van der Waals surface area contributed by atoms with E-state index in [-0.39, 0.29) is 12.3 Å². The molecular weight excluding hydrogens is 298 g/mol. The number of nitrogen functional groups attached to an aromatic ring is 1. The van der Waals surface area contributed by atoms with Crippen LogP contribution in [0.2, 0.25) is 0 Å². The van der Waals surface area contributed by atoms with Gasteiger partial charge in [0.2, 0.25) is 10.0 Å². The van der Waals surface area contributed by atoms with Gasteiger partial charge in [0.05, 0.1) is 5.75 Å². The molecule has 0 amide bonds. The molecule has 2 aromatic carbocycles. The van der Waals surface area contributed by atoms with E-state index in [0.29, 0.717) is 16.8 Å². The summed E-state index contributed by atoms with van der Waals surface area (Å²) in [6.45, 7) is -0.119. The van der Waals surface area contributed by atoms with Crippen LogP contribution in [-0.2, 0) is 22.3 Å². The first-order chi connectivity index (χ1) is 9.87. The lowest BCUT2D eigenvalue weighted by Crippen LogP contribution is -2.25. The average Bonchev–Trinajstić information content (AvgIpc) is 2.43. The molecule has 0 fully saturated rings. The Balaban J connectivity index is 2.04. The van der Waals surface area contributed by atoms with Crippen molar-refractivity contribution in [3.8, 4) is 0 Å². The summed E-state index contributed by atoms with van der Waals surface area (Å²) in [5, 5.41) is 0. The largest absolute Gasteiger partial charge is 0.398 e. The fraction of sp³-hybridized carbons (Fsp3) is 0.143. The zero-order chi connectivity index (χ0) is 15.5. The standard InChI is InChI=1S/C14H14F2N2O2S/c15-12-6-5-10(7-13(12)16)8-18-21(19,20)9-11-3-1-2-4-14(11)17/h1-7,18H,8-9,17H2. The molecule has 0 saturated carbocycles. The highest BCUT2D eigenvalue weighted by Gasteiger charge is 2.13. The molecule has 0 radical (unpaired) electrons. The number of nitrogens with two attached hydrogens (primary N) is 1. The third kappa shape index (κ3) is 4.24. The number of nitrogens with one attached hydrogen (secondary N) is 1. The van der Waals surface area contributed by atoms with E-state index in [2.05, 4.69) is 4.72 Å². The minimum atomic E-state index is -3.62. The van der Waals surface area contributed by atoms with E-state index in [4.69, 9.17) is 5.73 Å². The topological polar surface area (TPSA) is 72.2 Å². The summed E-state index contributed by atoms with van der Waals surface area (Å²) in [5.41, 5.74) is 6.89. The van der Waals surface area contributed by atoms with Crippen molar-refractivity contribution in [1.82, 2.24) is 4.72 Å². The number of hydrogen-bond donors (Lipinski definition) is 2. The Morgan fingerprint density at radius 3 is 2.43 bits per heavy atom. The molecule has 0 heterocycles. The normalized spacial score (nSPS) is 11.5. The van der Waals surface area contributed by atoms with E-state index in [9.17, 15) is 17.2 Å². The first kappa shape index (κ1) is 15.4. The smallest absolute Gasteiger partial charge is 0.216 e. The number of rotatable bonds is 5. The van der Waals surface area contributed by atoms with Gasteiger partial charge in [-0.2, -0.15) is 0 Å². The second-order valence-electron chi connectivity index (χ2n) is 4.53. The van der Waals surface area contributed by atoms with Crippen LogP contribution >= 0.6 is 0 Å². The zero-order valence-electron chi connectivity index (χ0n) is 11.0. The van der Waals surface area contributed by atoms with Gasteiger partial charge < -0.3 is 5.73 Å². The maximum atomic E-state index is 13.0. The Labute approximate surface area is 121 Å². The molecule has 3 N–H and O–H groups in total. The van der Waals surface area contributed by atoms with Crippen molar-refractivity contribution in [2.75, 3.05) is 5.73 Å². The summed E-state index contributed by atoms with van der Waals surface area (Å²) in [6, 6.07) is 9.85. The lowest BCUT2D eigenvalue weighted by atomic mass is 10.2. The van der Waals surface area contributed by atoms with E-state index < -0.39 is 21.7 Å². The maximum absolute atomic E-state index is 13.0. The van der Waals surface area contributed by atoms with Crippen molar-refractivity contribution < 1.29 is 17.2 Å². The van der Waals surface area contributed by atoms with Crippen molar-refractivity contribution in [2.24, 2.45) is 0 Å². The van der Waals surface area contributed by atoms with Crippen LogP contribution in [-0.4, -0.2) is 8.42 Å². The number of halogens is 2. The van der Waals surface area contributed by atoms with Crippen molar-refractivity contribution >= 4 is 15.7 Å². The Morgan fingerprint density at radius 2 is 1.76 bits per heavy atom. The fourth-order valence-electron chi connectivity index (χ4n) is 1.76. The third-order valence-electron chi connectivity index (χ3n) is 2.88. The van der Waals surface area contributed by atoms with E-state index in [0.717, 1.165) is 12.1 Å². The highest BCUT2D eigenvalue weighted by molar-refractivity contribution is 7.88. The zero-order valence-corrected chi connectivity index (χ0v) is 11.8. The van der Waals surface area contributed by atoms with Crippen molar-refractivity contribution in [3.63, 3.8) is 0 Å². The molecule has 0 aromatic heterocycles. The summed E-state index contributed by atoms with van der Waals surface area (Å²) in [7, 11) is -3.62. The van der Waals surface area contributed by atoms with Crippen molar-refractivity contribution in [3.05, 3.63) is 65.2 Å². The van der Waals surface area contributed by atoms with Gasteiger partial charge in [0, 0.05) is 12.2 Å². The molecule has 0 atom stereocenters. The second kappa shape index (κ2) is 6.19. The third-order valence-corrected chi connectivity index (χ3v) is 4.16. The summed E-state index contributed by atoms with van der Waals surface area (Å²) < 4.78 is 52.0. The van der Waals surface area contributed by atoms with Gasteiger partial charge in [0.15, 0.2) is 11.6 Å². The monoisotopic (exact) mass is 312 g/mol. The SMILES string of the molecule is Nc1ccccc1CS(=O)(=O)NCc1ccc(F)c(F)c1. The van der Waals surface area contributed by atoms with Gasteiger partial charge in [0.1, 0.15) is 0 Å². The fourth-order valence-corrected chi connectivity index (χ4v) is 2.93. The first-order valence-corrected chi connectivity index (χ1v) is 7.77. The van der Waals surface area contributed by atoms with E-state index in [1.165, 1.54) is 6.07 Å². The average molecular weight is 312 g/mol. The molecule has 0 bridgehead atoms. The minimum Gasteiger partial charge on any atom is -0.398 e. The summed E-state index contributed by atoms with van der Waals surface area (Å²) in [4.78, 5) is 0. The molecule has 0 aliphatic rings. The minimum absolute atomic E-state index is 0.119. The highest BCUT2D eigenvalue weighted by atomic mass is 32.2. The first-order valence-electron chi connectivity index (χ1n) is 6.12. The van der Waals surface area contributed by atoms with Gasteiger partial charge in [-0.1, -0.05) is 24.3 Å². The number of anilines is 1. The second-order valence-corrected chi connectivity index (χ2v) is 6.33. The lowest BCUT2D eigenvalue weighted by molar-refractivity contribution is 0.506. The Kier molecular flexibility index (Phi) is 4.54. The predicted molar refractivity (Wildman–Crippen MR) is 76.7 cm³/mol. The number of hydrogen-bond acceptors (Lipinski definition) is 3. The molecular formula is C14H14F2N2O2S. The predicted octanol–water partition coefficient (Wildman–Crippen LogP) is 2.17. The molecule has 0 aliphatic carbocycles. The van der Waals surface area contributed by atoms with Crippen LogP contribution in [0.3, 0.4) is 0 Å². The molecule has 21 heavy (non-hydrogen) atoms. The molecule has 0 unspecified atom stereocenters. The summed E-state index contributed by atoms with van der Waals surface area (Å²) in [5.74, 6) is -2.26. The van der Waals surface area contributed by atoms with Gasteiger partial charge >= 0.3 is 0 Å². The molecule has 0 saturated heterocycles. The molecule has 7 heteroatoms. The molecule has 0 spiro atoms. The van der Waals surface area contributed by atoms with Crippen LogP contribution in [0.4, 0.5) is 14.5 Å². The number of para-hydroxylation sites is 1. The molecule has 2 aromatic rings. The number of sulfonamides is 1. The van der Waals surface area contributed by atoms with Crippen LogP contribution < -0.4 is 10.5 Å². The van der Waals surface area contributed by atoms with Crippen LogP contribution in [0.1, 0.15) is 11.1 Å². The van der Waals surface area contributed by atoms with E-state index in [1.807, 2.05) is 0 Å². The van der Waals surface area contributed by atoms with Gasteiger partial charge in [-0.15, -0.1) is 0 Å². The van der Waals surface area contributed by atoms with Crippen LogP contribution in [0, 0.1) is 11.6 Å². The molecule has 4 nitrogen and oxygen atoms in total. The van der Waals surface area contributed by atoms with Gasteiger partial charge in [0.25, 0.3) is 0 Å². The highest BCUT2D eigenvalue weighted by Crippen LogP contribution is 2.14. The van der Waals surface area contributed by atoms with Gasteiger partial charge in [-0.3, -0.25) is 0 Å². The lowest BCUT2D eigenvalue weighted by Gasteiger charge is -2.09. The Morgan fingerprint density at radius 1 is 1.05 bits per heavy atom. The van der Waals surface area contributed by atoms with Gasteiger partial charge in [-0.05, 0) is 29.3 Å². The van der Waals surface area contributed by atoms with Crippen molar-refractivity contribution in [2.45, 2.75) is 12.3 Å². The van der Waals surface area contributed by atoms with Crippen LogP contribution in [0.15, 0.2) is 42.5 Å². The number of benzene rings is 2. The van der Waals surface area contributed by atoms with E-state index in [1.54, 1.807) is 24.3 Å². The molecule has 2 rings (SSSR count). The maximum Gasteiger partial charge on any atom is 0.216 e.